The van der Waals surface area contributed by atoms with Crippen LogP contribution in [0.2, 0.25) is 0 Å². The average Bonchev–Trinajstić information content (AvgIpc) is 2.59. The third-order valence-corrected chi connectivity index (χ3v) is 5.43. The number of hydrogen-bond donors (Lipinski definition) is 0. The third-order valence-electron chi connectivity index (χ3n) is 5.43. The van der Waals surface area contributed by atoms with Gasteiger partial charge in [0.1, 0.15) is 23.0 Å². The molecule has 0 aliphatic carbocycles. The zero-order valence-corrected chi connectivity index (χ0v) is 16.6. The highest BCUT2D eigenvalue weighted by molar-refractivity contribution is 5.77. The van der Waals surface area contributed by atoms with E-state index in [2.05, 4.69) is 0 Å². The van der Waals surface area contributed by atoms with Crippen LogP contribution in [-0.2, 0) is 4.74 Å². The Morgan fingerprint density at radius 1 is 1.11 bits per heavy atom. The Hall–Kier alpha value is -2.50. The minimum atomic E-state index is -0.492. The van der Waals surface area contributed by atoms with Crippen LogP contribution in [0.25, 0.3) is 11.0 Å². The predicted molar refractivity (Wildman–Crippen MR) is 106 cm³/mol. The van der Waals surface area contributed by atoms with Crippen LogP contribution in [0.3, 0.4) is 0 Å². The molecule has 3 atom stereocenters. The summed E-state index contributed by atoms with van der Waals surface area (Å²) in [5.74, 6) is 0.690. The number of carbonyl (C=O) groups excluding carboxylic acids is 1. The van der Waals surface area contributed by atoms with E-state index in [4.69, 9.17) is 13.9 Å². The quantitative estimate of drug-likeness (QED) is 0.712. The molecule has 0 saturated carbocycles. The van der Waals surface area contributed by atoms with Gasteiger partial charge in [0.15, 0.2) is 0 Å². The van der Waals surface area contributed by atoms with E-state index < -0.39 is 5.60 Å². The maximum absolute atomic E-state index is 12.7. The zero-order chi connectivity index (χ0) is 19.9. The predicted octanol–water partition coefficient (Wildman–Crippen LogP) is 4.49. The highest BCUT2D eigenvalue weighted by Crippen LogP contribution is 2.37. The molecule has 1 amide bonds. The number of ether oxygens (including phenoxy) is 2. The van der Waals surface area contributed by atoms with Crippen LogP contribution in [0.15, 0.2) is 39.5 Å². The van der Waals surface area contributed by atoms with Gasteiger partial charge in [-0.1, -0.05) is 0 Å². The van der Waals surface area contributed by atoms with Crippen LogP contribution >= 0.6 is 0 Å². The molecule has 2 fully saturated rings. The lowest BCUT2D eigenvalue weighted by Gasteiger charge is -2.48. The second-order valence-corrected chi connectivity index (χ2v) is 8.79. The lowest BCUT2D eigenvalue weighted by Crippen LogP contribution is -2.57. The average molecular weight is 385 g/mol. The summed E-state index contributed by atoms with van der Waals surface area (Å²) in [6.45, 7) is 5.69. The zero-order valence-electron chi connectivity index (χ0n) is 16.6. The Kier molecular flexibility index (Phi) is 4.81. The van der Waals surface area contributed by atoms with Crippen molar-refractivity contribution in [3.8, 4) is 5.75 Å². The first-order valence-electron chi connectivity index (χ1n) is 10.0. The topological polar surface area (TPSA) is 69.0 Å². The van der Waals surface area contributed by atoms with Gasteiger partial charge in [-0.15, -0.1) is 0 Å². The monoisotopic (exact) mass is 385 g/mol. The van der Waals surface area contributed by atoms with E-state index >= 15 is 0 Å². The summed E-state index contributed by atoms with van der Waals surface area (Å²) in [4.78, 5) is 26.1. The first-order valence-corrected chi connectivity index (χ1v) is 10.0. The normalized spacial score (nSPS) is 24.8. The number of hydrogen-bond acceptors (Lipinski definition) is 5. The van der Waals surface area contributed by atoms with E-state index in [9.17, 15) is 9.59 Å². The summed E-state index contributed by atoms with van der Waals surface area (Å²) >= 11 is 0. The van der Waals surface area contributed by atoms with Gasteiger partial charge in [0.25, 0.3) is 0 Å². The number of nitrogens with zero attached hydrogens (tertiary/aromatic N) is 1. The van der Waals surface area contributed by atoms with E-state index in [1.54, 1.807) is 12.1 Å². The molecule has 1 aromatic carbocycles. The third kappa shape index (κ3) is 4.01. The number of benzene rings is 1. The summed E-state index contributed by atoms with van der Waals surface area (Å²) in [5, 5.41) is 0.864. The standard InChI is InChI=1S/C22H27NO5/c1-22(2,3)28-21(25)23-15-5-4-6-16(23)12-18(11-15)26-17-9-7-14-8-10-20(24)27-19(14)13-17/h7-10,13,15-16,18H,4-6,11-12H2,1-3H3/t15-,16+,18-. The molecule has 2 aliphatic rings. The van der Waals surface area contributed by atoms with Gasteiger partial charge in [-0.2, -0.15) is 0 Å². The lowest BCUT2D eigenvalue weighted by atomic mass is 9.83. The van der Waals surface area contributed by atoms with Gasteiger partial charge in [-0.3, -0.25) is 0 Å². The van der Waals surface area contributed by atoms with E-state index in [1.807, 2.05) is 37.8 Å². The fourth-order valence-electron chi connectivity index (χ4n) is 4.35. The van der Waals surface area contributed by atoms with Crippen molar-refractivity contribution in [1.82, 2.24) is 4.90 Å². The minimum Gasteiger partial charge on any atom is -0.490 e. The van der Waals surface area contributed by atoms with Crippen LogP contribution in [0.4, 0.5) is 4.79 Å². The number of carbonyl (C=O) groups is 1. The molecule has 0 unspecified atom stereocenters. The fraction of sp³-hybridized carbons (Fsp3) is 0.545. The molecule has 0 spiro atoms. The Morgan fingerprint density at radius 2 is 1.79 bits per heavy atom. The summed E-state index contributed by atoms with van der Waals surface area (Å²) in [6.07, 6.45) is 4.46. The number of piperidine rings is 2. The fourth-order valence-corrected chi connectivity index (χ4v) is 4.35. The SMILES string of the molecule is CC(C)(C)OC(=O)N1[C@@H]2CCC[C@H]1C[C@H](Oc1ccc3ccc(=O)oc3c1)C2. The van der Waals surface area contributed by atoms with Gasteiger partial charge in [0.05, 0.1) is 0 Å². The maximum atomic E-state index is 12.7. The molecule has 28 heavy (non-hydrogen) atoms. The second-order valence-electron chi connectivity index (χ2n) is 8.79. The molecule has 2 bridgehead atoms. The van der Waals surface area contributed by atoms with Crippen molar-refractivity contribution in [2.45, 2.75) is 76.7 Å². The number of rotatable bonds is 2. The largest absolute Gasteiger partial charge is 0.490 e. The Labute approximate surface area is 164 Å². The van der Waals surface area contributed by atoms with Crippen LogP contribution in [0, 0.1) is 0 Å². The van der Waals surface area contributed by atoms with Crippen LogP contribution in [0.5, 0.6) is 5.75 Å². The van der Waals surface area contributed by atoms with Gasteiger partial charge in [-0.05, 0) is 58.2 Å². The Bertz CT molecular complexity index is 914. The van der Waals surface area contributed by atoms with Crippen molar-refractivity contribution in [3.05, 3.63) is 40.8 Å². The van der Waals surface area contributed by atoms with Gasteiger partial charge in [0, 0.05) is 42.4 Å². The van der Waals surface area contributed by atoms with Gasteiger partial charge in [0.2, 0.25) is 0 Å². The van der Waals surface area contributed by atoms with Crippen molar-refractivity contribution in [3.63, 3.8) is 0 Å². The molecule has 4 rings (SSSR count). The van der Waals surface area contributed by atoms with Gasteiger partial charge >= 0.3 is 11.7 Å². The van der Waals surface area contributed by atoms with Crippen molar-refractivity contribution in [1.29, 1.82) is 0 Å². The second kappa shape index (κ2) is 7.15. The molecule has 150 valence electrons. The smallest absolute Gasteiger partial charge is 0.410 e. The molecule has 6 nitrogen and oxygen atoms in total. The van der Waals surface area contributed by atoms with Crippen LogP contribution in [-0.4, -0.2) is 34.8 Å². The van der Waals surface area contributed by atoms with Gasteiger partial charge < -0.3 is 18.8 Å². The first kappa shape index (κ1) is 18.8. The molecule has 3 heterocycles. The molecule has 2 saturated heterocycles. The molecule has 0 radical (unpaired) electrons. The molecule has 2 aliphatic heterocycles. The molecular weight excluding hydrogens is 358 g/mol. The van der Waals surface area contributed by atoms with E-state index in [0.29, 0.717) is 11.3 Å². The van der Waals surface area contributed by atoms with Gasteiger partial charge in [-0.25, -0.2) is 9.59 Å². The number of fused-ring (bicyclic) bond motifs is 3. The molecule has 0 N–H and O–H groups in total. The first-order chi connectivity index (χ1) is 13.3. The van der Waals surface area contributed by atoms with E-state index in [0.717, 1.165) is 37.5 Å². The van der Waals surface area contributed by atoms with E-state index in [1.165, 1.54) is 6.07 Å². The molecule has 2 aromatic rings. The highest BCUT2D eigenvalue weighted by Gasteiger charge is 2.43. The van der Waals surface area contributed by atoms with Crippen molar-refractivity contribution < 1.29 is 18.7 Å². The number of amides is 1. The van der Waals surface area contributed by atoms with Crippen molar-refractivity contribution in [2.24, 2.45) is 0 Å². The molecule has 1 aromatic heterocycles. The Balaban J connectivity index is 1.48. The summed E-state index contributed by atoms with van der Waals surface area (Å²) < 4.78 is 17.1. The summed E-state index contributed by atoms with van der Waals surface area (Å²) in [7, 11) is 0. The van der Waals surface area contributed by atoms with E-state index in [-0.39, 0.29) is 29.9 Å². The van der Waals surface area contributed by atoms with Crippen molar-refractivity contribution in [2.75, 3.05) is 0 Å². The Morgan fingerprint density at radius 3 is 2.46 bits per heavy atom. The van der Waals surface area contributed by atoms with Crippen LogP contribution in [0.1, 0.15) is 52.9 Å². The van der Waals surface area contributed by atoms with Crippen LogP contribution < -0.4 is 10.4 Å². The minimum absolute atomic E-state index is 0.0295. The summed E-state index contributed by atoms with van der Waals surface area (Å²) in [5.41, 5.74) is -0.338. The lowest BCUT2D eigenvalue weighted by molar-refractivity contribution is -0.0405. The molecule has 6 heteroatoms. The maximum Gasteiger partial charge on any atom is 0.410 e. The summed E-state index contributed by atoms with van der Waals surface area (Å²) in [6, 6.07) is 9.01. The van der Waals surface area contributed by atoms with Crippen molar-refractivity contribution >= 4 is 17.1 Å². The molecular formula is C22H27NO5. The highest BCUT2D eigenvalue weighted by atomic mass is 16.6.